The third-order valence-electron chi connectivity index (χ3n) is 15.7. The van der Waals surface area contributed by atoms with Gasteiger partial charge in [-0.1, -0.05) is 367 Å². The van der Waals surface area contributed by atoms with E-state index in [1.807, 2.05) is 0 Å². The van der Waals surface area contributed by atoms with E-state index in [9.17, 15) is 15.0 Å². The van der Waals surface area contributed by atoms with Crippen molar-refractivity contribution in [3.05, 3.63) is 122 Å². The molecule has 0 saturated carbocycles. The highest BCUT2D eigenvalue weighted by molar-refractivity contribution is 5.76. The van der Waals surface area contributed by atoms with Gasteiger partial charge in [0.1, 0.15) is 0 Å². The molecule has 466 valence electrons. The molecule has 2 unspecified atom stereocenters. The summed E-state index contributed by atoms with van der Waals surface area (Å²) in [6.45, 7) is 4.27. The van der Waals surface area contributed by atoms with E-state index in [0.717, 1.165) is 89.9 Å². The minimum absolute atomic E-state index is 0.0361. The van der Waals surface area contributed by atoms with Crippen molar-refractivity contribution in [1.29, 1.82) is 0 Å². The van der Waals surface area contributed by atoms with E-state index < -0.39 is 12.1 Å². The normalized spacial score (nSPS) is 13.5. The molecule has 0 radical (unpaired) electrons. The standard InChI is InChI=1S/C77H135NO3/c1-3-5-7-9-11-13-15-17-19-21-23-25-27-29-31-33-34-35-36-37-38-39-40-41-42-43-44-45-47-49-51-53-55-57-59-61-63-65-67-69-71-73-77(81)78-75(74-79)76(80)72-70-68-66-64-62-60-58-56-54-52-50-48-46-32-30-28-26-24-22-20-18-16-14-12-10-8-6-4-2/h5,7,11,13,17,19,23,25,29,31,34-35,37-38,40-41,43-44,47,49,75-76,79-80H,3-4,6,8-10,12,14-16,18,20-22,24,26-28,30,32-33,36,39,42,45-46,48,50-74H2,1-2H3,(H,78,81)/b7-5-,13-11-,19-17-,25-23-,31-29-,35-34-,38-37-,41-40-,44-43-,49-47-. The second kappa shape index (κ2) is 71.1. The predicted octanol–water partition coefficient (Wildman–Crippen LogP) is 24.3. The molecule has 0 fully saturated rings. The molecule has 0 aromatic heterocycles. The SMILES string of the molecule is CC/C=C\C/C=C\C/C=C\C/C=C\C/C=C\C/C=C\C/C=C\C/C=C\C/C=C\C/C=C\CCCCCCCCCCCCC(=O)NC(CO)C(O)CCCCCCCCCCCCCCCCCCCCCCCCCCCCCC. The molecule has 0 heterocycles. The highest BCUT2D eigenvalue weighted by atomic mass is 16.3. The highest BCUT2D eigenvalue weighted by Crippen LogP contribution is 2.18. The van der Waals surface area contributed by atoms with E-state index in [1.165, 1.54) is 225 Å². The van der Waals surface area contributed by atoms with Crippen molar-refractivity contribution < 1.29 is 15.0 Å². The average molecular weight is 1120 g/mol. The highest BCUT2D eigenvalue weighted by Gasteiger charge is 2.20. The average Bonchev–Trinajstić information content (AvgIpc) is 3.47. The summed E-state index contributed by atoms with van der Waals surface area (Å²) in [5.74, 6) is -0.0361. The minimum atomic E-state index is -0.671. The van der Waals surface area contributed by atoms with Crippen molar-refractivity contribution in [1.82, 2.24) is 5.32 Å². The van der Waals surface area contributed by atoms with Gasteiger partial charge in [0.2, 0.25) is 5.91 Å². The molecule has 0 saturated heterocycles. The van der Waals surface area contributed by atoms with E-state index in [2.05, 4.69) is 141 Å². The Morgan fingerprint density at radius 2 is 0.543 bits per heavy atom. The number of carbonyl (C=O) groups excluding carboxylic acids is 1. The predicted molar refractivity (Wildman–Crippen MR) is 363 cm³/mol. The van der Waals surface area contributed by atoms with Gasteiger partial charge in [-0.3, -0.25) is 4.79 Å². The van der Waals surface area contributed by atoms with Crippen LogP contribution in [0.1, 0.15) is 341 Å². The number of unbranched alkanes of at least 4 members (excludes halogenated alkanes) is 37. The molecule has 4 heteroatoms. The Balaban J connectivity index is 3.53. The van der Waals surface area contributed by atoms with E-state index >= 15 is 0 Å². The van der Waals surface area contributed by atoms with Gasteiger partial charge < -0.3 is 15.5 Å². The van der Waals surface area contributed by atoms with Crippen molar-refractivity contribution in [2.75, 3.05) is 6.61 Å². The maximum absolute atomic E-state index is 12.6. The largest absolute Gasteiger partial charge is 0.394 e. The zero-order valence-electron chi connectivity index (χ0n) is 53.8. The molecule has 0 aliphatic carbocycles. The van der Waals surface area contributed by atoms with Crippen LogP contribution in [0.3, 0.4) is 0 Å². The van der Waals surface area contributed by atoms with Gasteiger partial charge in [0, 0.05) is 6.42 Å². The van der Waals surface area contributed by atoms with Gasteiger partial charge >= 0.3 is 0 Å². The van der Waals surface area contributed by atoms with Gasteiger partial charge in [0.05, 0.1) is 18.8 Å². The van der Waals surface area contributed by atoms with Crippen molar-refractivity contribution in [2.24, 2.45) is 0 Å². The van der Waals surface area contributed by atoms with Crippen LogP contribution >= 0.6 is 0 Å². The van der Waals surface area contributed by atoms with E-state index in [-0.39, 0.29) is 12.5 Å². The first kappa shape index (κ1) is 77.8. The molecule has 1 amide bonds. The number of hydrogen-bond acceptors (Lipinski definition) is 3. The fourth-order valence-electron chi connectivity index (χ4n) is 10.5. The molecule has 4 nitrogen and oxygen atoms in total. The summed E-state index contributed by atoms with van der Waals surface area (Å²) in [6, 6.07) is -0.548. The molecule has 3 N–H and O–H groups in total. The van der Waals surface area contributed by atoms with Gasteiger partial charge in [-0.25, -0.2) is 0 Å². The molecule has 0 spiro atoms. The van der Waals surface area contributed by atoms with Crippen molar-refractivity contribution >= 4 is 5.91 Å². The Morgan fingerprint density at radius 3 is 0.815 bits per heavy atom. The maximum atomic E-state index is 12.6. The van der Waals surface area contributed by atoms with E-state index in [0.29, 0.717) is 12.8 Å². The summed E-state index contributed by atoms with van der Waals surface area (Å²) in [5.41, 5.74) is 0. The molecule has 2 atom stereocenters. The Bertz CT molecular complexity index is 1560. The molecule has 81 heavy (non-hydrogen) atoms. The Hall–Kier alpha value is -3.21. The van der Waals surface area contributed by atoms with Crippen molar-refractivity contribution in [2.45, 2.75) is 353 Å². The lowest BCUT2D eigenvalue weighted by molar-refractivity contribution is -0.123. The Labute approximate surface area is 505 Å². The summed E-state index contributed by atoms with van der Waals surface area (Å²) in [5, 5.41) is 23.5. The fourth-order valence-corrected chi connectivity index (χ4v) is 10.5. The second-order valence-electron chi connectivity index (χ2n) is 23.6. The number of aliphatic hydroxyl groups excluding tert-OH is 2. The number of rotatable bonds is 64. The molecule has 0 aliphatic heterocycles. The van der Waals surface area contributed by atoms with Gasteiger partial charge in [0.15, 0.2) is 0 Å². The Kier molecular flexibility index (Phi) is 68.2. The quantitative estimate of drug-likeness (QED) is 0.0420. The summed E-state index contributed by atoms with van der Waals surface area (Å²) >= 11 is 0. The van der Waals surface area contributed by atoms with Gasteiger partial charge in [-0.05, 0) is 89.9 Å². The van der Waals surface area contributed by atoms with Gasteiger partial charge in [-0.2, -0.15) is 0 Å². The lowest BCUT2D eigenvalue weighted by Gasteiger charge is -2.22. The third-order valence-corrected chi connectivity index (χ3v) is 15.7. The van der Waals surface area contributed by atoms with Crippen LogP contribution in [0, 0.1) is 0 Å². The fraction of sp³-hybridized carbons (Fsp3) is 0.727. The van der Waals surface area contributed by atoms with Crippen LogP contribution in [0.5, 0.6) is 0 Å². The molecule has 0 rings (SSSR count). The molecular weight excluding hydrogens is 987 g/mol. The summed E-state index contributed by atoms with van der Waals surface area (Å²) in [7, 11) is 0. The van der Waals surface area contributed by atoms with Crippen LogP contribution in [0.4, 0.5) is 0 Å². The number of allylic oxidation sites excluding steroid dienone is 20. The lowest BCUT2D eigenvalue weighted by atomic mass is 10.0. The summed E-state index contributed by atoms with van der Waals surface area (Å²) in [6.07, 6.45) is 108. The maximum Gasteiger partial charge on any atom is 0.220 e. The third kappa shape index (κ3) is 67.5. The number of amides is 1. The molecular formula is C77H135NO3. The molecule has 0 bridgehead atoms. The minimum Gasteiger partial charge on any atom is -0.394 e. The first-order valence-corrected chi connectivity index (χ1v) is 35.2. The van der Waals surface area contributed by atoms with E-state index in [4.69, 9.17) is 0 Å². The number of carbonyl (C=O) groups is 1. The molecule has 0 aromatic carbocycles. The van der Waals surface area contributed by atoms with Crippen molar-refractivity contribution in [3.63, 3.8) is 0 Å². The summed E-state index contributed by atoms with van der Waals surface area (Å²) in [4.78, 5) is 12.6. The zero-order valence-corrected chi connectivity index (χ0v) is 53.8. The number of hydrogen-bond donors (Lipinski definition) is 3. The zero-order chi connectivity index (χ0) is 58.4. The second-order valence-corrected chi connectivity index (χ2v) is 23.6. The molecule has 0 aromatic rings. The number of nitrogens with one attached hydrogen (secondary N) is 1. The Morgan fingerprint density at radius 1 is 0.309 bits per heavy atom. The van der Waals surface area contributed by atoms with Crippen LogP contribution < -0.4 is 5.32 Å². The van der Waals surface area contributed by atoms with Crippen molar-refractivity contribution in [3.8, 4) is 0 Å². The summed E-state index contributed by atoms with van der Waals surface area (Å²) < 4.78 is 0. The first-order chi connectivity index (χ1) is 40.2. The lowest BCUT2D eigenvalue weighted by Crippen LogP contribution is -2.45. The van der Waals surface area contributed by atoms with Crippen LogP contribution in [0.15, 0.2) is 122 Å². The number of aliphatic hydroxyl groups is 2. The van der Waals surface area contributed by atoms with Gasteiger partial charge in [-0.15, -0.1) is 0 Å². The first-order valence-electron chi connectivity index (χ1n) is 35.2. The van der Waals surface area contributed by atoms with Crippen LogP contribution in [0.2, 0.25) is 0 Å². The topological polar surface area (TPSA) is 69.6 Å². The van der Waals surface area contributed by atoms with Crippen LogP contribution in [-0.4, -0.2) is 34.9 Å². The smallest absolute Gasteiger partial charge is 0.220 e. The van der Waals surface area contributed by atoms with Crippen LogP contribution in [-0.2, 0) is 4.79 Å². The monoisotopic (exact) mass is 1120 g/mol. The van der Waals surface area contributed by atoms with Gasteiger partial charge in [0.25, 0.3) is 0 Å². The van der Waals surface area contributed by atoms with Crippen LogP contribution in [0.25, 0.3) is 0 Å². The molecule has 0 aliphatic rings. The van der Waals surface area contributed by atoms with E-state index in [1.54, 1.807) is 0 Å².